The standard InChI is InChI=1S/C16H20N4/c1-10-18-15-13(20(10)9-16(2,3)4)11-7-5-6-8-12(11)14(17)19-15/h5-8H,9H2,1-4H3,(H2,17,19). The van der Waals surface area contributed by atoms with E-state index < -0.39 is 0 Å². The van der Waals surface area contributed by atoms with Crippen molar-refractivity contribution in [1.82, 2.24) is 14.5 Å². The molecule has 0 spiro atoms. The van der Waals surface area contributed by atoms with Crippen LogP contribution in [-0.4, -0.2) is 14.5 Å². The van der Waals surface area contributed by atoms with Crippen molar-refractivity contribution >= 4 is 27.8 Å². The van der Waals surface area contributed by atoms with Crippen molar-refractivity contribution in [2.75, 3.05) is 5.73 Å². The Bertz CT molecular complexity index is 793. The molecule has 3 aromatic rings. The van der Waals surface area contributed by atoms with Gasteiger partial charge in [-0.2, -0.15) is 0 Å². The third-order valence-electron chi connectivity index (χ3n) is 3.46. The van der Waals surface area contributed by atoms with E-state index in [2.05, 4.69) is 41.4 Å². The van der Waals surface area contributed by atoms with E-state index in [4.69, 9.17) is 5.73 Å². The molecule has 0 unspecified atom stereocenters. The molecule has 0 fully saturated rings. The van der Waals surface area contributed by atoms with Gasteiger partial charge in [0.15, 0.2) is 5.65 Å². The molecule has 0 saturated heterocycles. The summed E-state index contributed by atoms with van der Waals surface area (Å²) in [6, 6.07) is 8.13. The van der Waals surface area contributed by atoms with Crippen molar-refractivity contribution in [2.45, 2.75) is 34.2 Å². The van der Waals surface area contributed by atoms with Gasteiger partial charge in [-0.15, -0.1) is 0 Å². The van der Waals surface area contributed by atoms with Crippen molar-refractivity contribution in [3.8, 4) is 0 Å². The highest BCUT2D eigenvalue weighted by Crippen LogP contribution is 2.30. The first-order valence-electron chi connectivity index (χ1n) is 6.88. The minimum absolute atomic E-state index is 0.181. The molecule has 0 aliphatic heterocycles. The minimum Gasteiger partial charge on any atom is -0.383 e. The van der Waals surface area contributed by atoms with Gasteiger partial charge in [0.25, 0.3) is 0 Å². The molecule has 20 heavy (non-hydrogen) atoms. The molecule has 0 atom stereocenters. The number of imidazole rings is 1. The number of hydrogen-bond acceptors (Lipinski definition) is 3. The summed E-state index contributed by atoms with van der Waals surface area (Å²) in [5.74, 6) is 1.53. The maximum Gasteiger partial charge on any atom is 0.180 e. The van der Waals surface area contributed by atoms with E-state index >= 15 is 0 Å². The summed E-state index contributed by atoms with van der Waals surface area (Å²) >= 11 is 0. The van der Waals surface area contributed by atoms with Crippen molar-refractivity contribution < 1.29 is 0 Å². The lowest BCUT2D eigenvalue weighted by Crippen LogP contribution is -2.16. The van der Waals surface area contributed by atoms with Gasteiger partial charge < -0.3 is 10.3 Å². The molecular weight excluding hydrogens is 248 g/mol. The third kappa shape index (κ3) is 2.01. The van der Waals surface area contributed by atoms with Gasteiger partial charge in [0.05, 0.1) is 5.52 Å². The Balaban J connectivity index is 2.41. The van der Waals surface area contributed by atoms with Crippen LogP contribution in [0.1, 0.15) is 26.6 Å². The molecule has 1 aromatic carbocycles. The average Bonchev–Trinajstić information content (AvgIpc) is 2.64. The summed E-state index contributed by atoms with van der Waals surface area (Å²) in [7, 11) is 0. The van der Waals surface area contributed by atoms with Crippen LogP contribution in [0.5, 0.6) is 0 Å². The number of fused-ring (bicyclic) bond motifs is 3. The summed E-state index contributed by atoms with van der Waals surface area (Å²) in [6.45, 7) is 9.62. The van der Waals surface area contributed by atoms with E-state index in [9.17, 15) is 0 Å². The molecule has 0 radical (unpaired) electrons. The Kier molecular flexibility index (Phi) is 2.71. The Morgan fingerprint density at radius 1 is 1.10 bits per heavy atom. The lowest BCUT2D eigenvalue weighted by Gasteiger charge is -2.21. The lowest BCUT2D eigenvalue weighted by molar-refractivity contribution is 0.345. The Morgan fingerprint density at radius 2 is 1.75 bits per heavy atom. The van der Waals surface area contributed by atoms with Crippen LogP contribution < -0.4 is 5.73 Å². The summed E-state index contributed by atoms with van der Waals surface area (Å²) in [6.07, 6.45) is 0. The summed E-state index contributed by atoms with van der Waals surface area (Å²) in [4.78, 5) is 9.04. The van der Waals surface area contributed by atoms with Crippen LogP contribution in [0, 0.1) is 12.3 Å². The summed E-state index contributed by atoms with van der Waals surface area (Å²) in [5, 5.41) is 2.12. The van der Waals surface area contributed by atoms with Crippen molar-refractivity contribution in [3.05, 3.63) is 30.1 Å². The molecule has 2 heterocycles. The van der Waals surface area contributed by atoms with Crippen LogP contribution >= 0.6 is 0 Å². The van der Waals surface area contributed by atoms with Crippen LogP contribution in [-0.2, 0) is 6.54 Å². The average molecular weight is 268 g/mol. The first kappa shape index (κ1) is 12.9. The van der Waals surface area contributed by atoms with Crippen molar-refractivity contribution in [1.29, 1.82) is 0 Å². The molecular formula is C16H20N4. The smallest absolute Gasteiger partial charge is 0.180 e. The second-order valence-corrected chi connectivity index (χ2v) is 6.52. The van der Waals surface area contributed by atoms with Gasteiger partial charge in [-0.25, -0.2) is 9.97 Å². The number of pyridine rings is 1. The van der Waals surface area contributed by atoms with Gasteiger partial charge in [-0.05, 0) is 12.3 Å². The molecule has 104 valence electrons. The van der Waals surface area contributed by atoms with E-state index in [1.54, 1.807) is 0 Å². The molecule has 4 heteroatoms. The van der Waals surface area contributed by atoms with Gasteiger partial charge >= 0.3 is 0 Å². The quantitative estimate of drug-likeness (QED) is 0.734. The molecule has 0 bridgehead atoms. The first-order chi connectivity index (χ1) is 9.37. The monoisotopic (exact) mass is 268 g/mol. The maximum atomic E-state index is 6.05. The highest BCUT2D eigenvalue weighted by molar-refractivity contribution is 6.07. The van der Waals surface area contributed by atoms with Gasteiger partial charge in [0.1, 0.15) is 11.6 Å². The highest BCUT2D eigenvalue weighted by Gasteiger charge is 2.18. The van der Waals surface area contributed by atoms with Crippen LogP contribution in [0.25, 0.3) is 21.9 Å². The van der Waals surface area contributed by atoms with E-state index in [0.29, 0.717) is 5.82 Å². The number of aryl methyl sites for hydroxylation is 1. The lowest BCUT2D eigenvalue weighted by atomic mass is 9.96. The summed E-state index contributed by atoms with van der Waals surface area (Å²) in [5.41, 5.74) is 8.05. The van der Waals surface area contributed by atoms with Gasteiger partial charge in [0, 0.05) is 17.3 Å². The third-order valence-corrected chi connectivity index (χ3v) is 3.46. The predicted molar refractivity (Wildman–Crippen MR) is 83.6 cm³/mol. The Hall–Kier alpha value is -2.10. The molecule has 0 aliphatic carbocycles. The second kappa shape index (κ2) is 4.20. The fraction of sp³-hybridized carbons (Fsp3) is 0.375. The number of rotatable bonds is 1. The minimum atomic E-state index is 0.181. The molecule has 3 rings (SSSR count). The number of nitrogens with two attached hydrogens (primary N) is 1. The highest BCUT2D eigenvalue weighted by atomic mass is 15.1. The number of nitrogens with zero attached hydrogens (tertiary/aromatic N) is 3. The van der Waals surface area contributed by atoms with E-state index in [0.717, 1.165) is 34.3 Å². The predicted octanol–water partition coefficient (Wildman–Crippen LogP) is 3.52. The van der Waals surface area contributed by atoms with Crippen LogP contribution in [0.4, 0.5) is 5.82 Å². The van der Waals surface area contributed by atoms with Gasteiger partial charge in [-0.1, -0.05) is 45.0 Å². The number of aromatic nitrogens is 3. The Morgan fingerprint density at radius 3 is 2.40 bits per heavy atom. The fourth-order valence-corrected chi connectivity index (χ4v) is 2.65. The first-order valence-corrected chi connectivity index (χ1v) is 6.88. The fourth-order valence-electron chi connectivity index (χ4n) is 2.65. The number of nitrogen functional groups attached to an aromatic ring is 1. The second-order valence-electron chi connectivity index (χ2n) is 6.52. The normalized spacial score (nSPS) is 12.4. The molecule has 0 amide bonds. The maximum absolute atomic E-state index is 6.05. The molecule has 0 saturated carbocycles. The number of hydrogen-bond donors (Lipinski definition) is 1. The number of benzene rings is 1. The van der Waals surface area contributed by atoms with Gasteiger partial charge in [0.2, 0.25) is 0 Å². The Labute approximate surface area is 118 Å². The van der Waals surface area contributed by atoms with Crippen LogP contribution in [0.3, 0.4) is 0 Å². The molecule has 4 nitrogen and oxygen atoms in total. The molecule has 0 aliphatic rings. The van der Waals surface area contributed by atoms with E-state index in [1.165, 1.54) is 0 Å². The van der Waals surface area contributed by atoms with Crippen molar-refractivity contribution in [3.63, 3.8) is 0 Å². The topological polar surface area (TPSA) is 56.7 Å². The van der Waals surface area contributed by atoms with Crippen molar-refractivity contribution in [2.24, 2.45) is 5.41 Å². The van der Waals surface area contributed by atoms with Crippen LogP contribution in [0.2, 0.25) is 0 Å². The zero-order valence-electron chi connectivity index (χ0n) is 12.4. The zero-order valence-corrected chi connectivity index (χ0v) is 12.4. The molecule has 2 N–H and O–H groups in total. The number of anilines is 1. The van der Waals surface area contributed by atoms with E-state index in [1.807, 2.05) is 25.1 Å². The zero-order chi connectivity index (χ0) is 14.5. The summed E-state index contributed by atoms with van der Waals surface area (Å²) < 4.78 is 2.25. The van der Waals surface area contributed by atoms with Crippen LogP contribution in [0.15, 0.2) is 24.3 Å². The van der Waals surface area contributed by atoms with E-state index in [-0.39, 0.29) is 5.41 Å². The molecule has 2 aromatic heterocycles. The van der Waals surface area contributed by atoms with Gasteiger partial charge in [-0.3, -0.25) is 0 Å². The SMILES string of the molecule is Cc1nc2nc(N)c3ccccc3c2n1CC(C)(C)C. The largest absolute Gasteiger partial charge is 0.383 e.